The van der Waals surface area contributed by atoms with Crippen LogP contribution in [-0.4, -0.2) is 25.4 Å². The molecule has 1 aliphatic carbocycles. The molecule has 1 aromatic carbocycles. The molecule has 0 aliphatic heterocycles. The van der Waals surface area contributed by atoms with Crippen molar-refractivity contribution in [2.75, 3.05) is 13.7 Å². The minimum atomic E-state index is -0.865. The molecule has 0 aromatic heterocycles. The summed E-state index contributed by atoms with van der Waals surface area (Å²) in [5, 5.41) is 0. The second-order valence-electron chi connectivity index (χ2n) is 5.35. The fraction of sp³-hybridized carbons (Fsp3) is 0.467. The van der Waals surface area contributed by atoms with Crippen LogP contribution in [0.3, 0.4) is 0 Å². The maximum absolute atomic E-state index is 11.9. The van der Waals surface area contributed by atoms with Gasteiger partial charge in [-0.25, -0.2) is 0 Å². The fourth-order valence-corrected chi connectivity index (χ4v) is 2.17. The molecule has 2 rings (SSSR count). The van der Waals surface area contributed by atoms with E-state index in [4.69, 9.17) is 10.5 Å². The van der Waals surface area contributed by atoms with Gasteiger partial charge in [0, 0.05) is 18.6 Å². The summed E-state index contributed by atoms with van der Waals surface area (Å²) in [5.74, 6) is -0.0398. The second-order valence-corrected chi connectivity index (χ2v) is 5.35. The van der Waals surface area contributed by atoms with Crippen LogP contribution in [0.2, 0.25) is 0 Å². The molecule has 4 heteroatoms. The first-order valence-electron chi connectivity index (χ1n) is 6.42. The zero-order valence-corrected chi connectivity index (χ0v) is 11.3. The van der Waals surface area contributed by atoms with E-state index in [0.29, 0.717) is 5.56 Å². The van der Waals surface area contributed by atoms with Crippen LogP contribution in [0.25, 0.3) is 0 Å². The molecule has 0 bridgehead atoms. The zero-order chi connectivity index (χ0) is 14.0. The number of hydrogen-bond acceptors (Lipinski definition) is 3. The van der Waals surface area contributed by atoms with Crippen LogP contribution >= 0.6 is 0 Å². The van der Waals surface area contributed by atoms with E-state index in [1.165, 1.54) is 7.11 Å². The lowest BCUT2D eigenvalue weighted by Crippen LogP contribution is -2.42. The van der Waals surface area contributed by atoms with Crippen LogP contribution in [0.15, 0.2) is 24.3 Å². The van der Waals surface area contributed by atoms with E-state index in [9.17, 15) is 9.59 Å². The molecule has 1 unspecified atom stereocenters. The maximum atomic E-state index is 11.9. The van der Waals surface area contributed by atoms with Crippen molar-refractivity contribution in [2.24, 2.45) is 11.7 Å². The van der Waals surface area contributed by atoms with Crippen molar-refractivity contribution in [2.45, 2.75) is 25.2 Å². The molecule has 4 nitrogen and oxygen atoms in total. The Morgan fingerprint density at radius 2 is 1.89 bits per heavy atom. The molecule has 19 heavy (non-hydrogen) atoms. The SMILES string of the molecule is COCC(C)(C(N)=O)c1ccc(C(=O)C2CC2)cc1. The number of Topliss-reactive ketones (excluding diaryl/α,β-unsaturated/α-hetero) is 1. The van der Waals surface area contributed by atoms with Gasteiger partial charge in [0.05, 0.1) is 12.0 Å². The third-order valence-electron chi connectivity index (χ3n) is 3.73. The number of carbonyl (C=O) groups excluding carboxylic acids is 2. The molecular weight excluding hydrogens is 242 g/mol. The number of amides is 1. The van der Waals surface area contributed by atoms with E-state index in [0.717, 1.165) is 18.4 Å². The van der Waals surface area contributed by atoms with E-state index in [2.05, 4.69) is 0 Å². The molecule has 0 heterocycles. The van der Waals surface area contributed by atoms with Gasteiger partial charge >= 0.3 is 0 Å². The predicted octanol–water partition coefficient (Wildman–Crippen LogP) is 1.67. The fourth-order valence-electron chi connectivity index (χ4n) is 2.17. The summed E-state index contributed by atoms with van der Waals surface area (Å²) in [5.41, 5.74) is 6.07. The van der Waals surface area contributed by atoms with Crippen LogP contribution < -0.4 is 5.73 Å². The smallest absolute Gasteiger partial charge is 0.230 e. The standard InChI is InChI=1S/C15H19NO3/c1-15(9-19-2,14(16)18)12-7-5-11(6-8-12)13(17)10-3-4-10/h5-8,10H,3-4,9H2,1-2H3,(H2,16,18). The molecule has 1 amide bonds. The number of nitrogens with two attached hydrogens (primary N) is 1. The van der Waals surface area contributed by atoms with Gasteiger partial charge in [0.2, 0.25) is 5.91 Å². The number of hydrogen-bond donors (Lipinski definition) is 1. The zero-order valence-electron chi connectivity index (χ0n) is 11.3. The Hall–Kier alpha value is -1.68. The summed E-state index contributed by atoms with van der Waals surface area (Å²) in [4.78, 5) is 23.5. The Bertz CT molecular complexity index is 491. The lowest BCUT2D eigenvalue weighted by Gasteiger charge is -2.25. The van der Waals surface area contributed by atoms with Gasteiger partial charge in [-0.15, -0.1) is 0 Å². The van der Waals surface area contributed by atoms with Gasteiger partial charge in [-0.3, -0.25) is 9.59 Å². The number of ether oxygens (including phenoxy) is 1. The molecule has 1 aliphatic rings. The van der Waals surface area contributed by atoms with Crippen molar-refractivity contribution < 1.29 is 14.3 Å². The minimum Gasteiger partial charge on any atom is -0.383 e. The minimum absolute atomic E-state index is 0.194. The van der Waals surface area contributed by atoms with Crippen molar-refractivity contribution in [3.05, 3.63) is 35.4 Å². The number of ketones is 1. The van der Waals surface area contributed by atoms with E-state index in [1.807, 2.05) is 0 Å². The van der Waals surface area contributed by atoms with Gasteiger partial charge in [0.1, 0.15) is 0 Å². The van der Waals surface area contributed by atoms with Gasteiger partial charge in [0.15, 0.2) is 5.78 Å². The molecule has 2 N–H and O–H groups in total. The monoisotopic (exact) mass is 261 g/mol. The molecular formula is C15H19NO3. The number of rotatable bonds is 6. The van der Waals surface area contributed by atoms with E-state index >= 15 is 0 Å². The molecule has 1 saturated carbocycles. The summed E-state index contributed by atoms with van der Waals surface area (Å²) in [6.07, 6.45) is 1.98. The lowest BCUT2D eigenvalue weighted by molar-refractivity contribution is -0.124. The molecule has 1 aromatic rings. The van der Waals surface area contributed by atoms with Gasteiger partial charge in [-0.2, -0.15) is 0 Å². The largest absolute Gasteiger partial charge is 0.383 e. The second kappa shape index (κ2) is 5.13. The quantitative estimate of drug-likeness (QED) is 0.792. The van der Waals surface area contributed by atoms with Crippen LogP contribution in [-0.2, 0) is 14.9 Å². The lowest BCUT2D eigenvalue weighted by atomic mass is 9.82. The topological polar surface area (TPSA) is 69.4 Å². The van der Waals surface area contributed by atoms with Crippen LogP contribution in [0.1, 0.15) is 35.7 Å². The first kappa shape index (κ1) is 13.7. The maximum Gasteiger partial charge on any atom is 0.230 e. The van der Waals surface area contributed by atoms with Crippen LogP contribution in [0.5, 0.6) is 0 Å². The molecule has 102 valence electrons. The van der Waals surface area contributed by atoms with E-state index < -0.39 is 11.3 Å². The van der Waals surface area contributed by atoms with Crippen molar-refractivity contribution in [1.82, 2.24) is 0 Å². The summed E-state index contributed by atoms with van der Waals surface area (Å²) in [6.45, 7) is 1.97. The predicted molar refractivity (Wildman–Crippen MR) is 71.9 cm³/mol. The van der Waals surface area contributed by atoms with Gasteiger partial charge in [-0.1, -0.05) is 24.3 Å². The first-order chi connectivity index (χ1) is 8.99. The normalized spacial score (nSPS) is 17.8. The van der Waals surface area contributed by atoms with Crippen molar-refractivity contribution >= 4 is 11.7 Å². The number of carbonyl (C=O) groups is 2. The summed E-state index contributed by atoms with van der Waals surface area (Å²) in [6, 6.07) is 7.12. The Morgan fingerprint density at radius 1 is 1.32 bits per heavy atom. The van der Waals surface area contributed by atoms with Gasteiger partial charge < -0.3 is 10.5 Å². The summed E-state index contributed by atoms with van der Waals surface area (Å²) >= 11 is 0. The van der Waals surface area contributed by atoms with Crippen molar-refractivity contribution in [1.29, 1.82) is 0 Å². The molecule has 0 spiro atoms. The number of methoxy groups -OCH3 is 1. The van der Waals surface area contributed by atoms with Gasteiger partial charge in [-0.05, 0) is 25.3 Å². The highest BCUT2D eigenvalue weighted by molar-refractivity contribution is 5.99. The van der Waals surface area contributed by atoms with E-state index in [1.54, 1.807) is 31.2 Å². The molecule has 0 saturated heterocycles. The van der Waals surface area contributed by atoms with Crippen molar-refractivity contribution in [3.8, 4) is 0 Å². The molecule has 1 fully saturated rings. The summed E-state index contributed by atoms with van der Waals surface area (Å²) in [7, 11) is 1.53. The number of benzene rings is 1. The Labute approximate surface area is 112 Å². The highest BCUT2D eigenvalue weighted by atomic mass is 16.5. The molecule has 1 atom stereocenters. The first-order valence-corrected chi connectivity index (χ1v) is 6.42. The van der Waals surface area contributed by atoms with Crippen LogP contribution in [0, 0.1) is 5.92 Å². The Kier molecular flexibility index (Phi) is 3.71. The Balaban J connectivity index is 2.25. The average Bonchev–Trinajstić information content (AvgIpc) is 3.22. The van der Waals surface area contributed by atoms with Gasteiger partial charge in [0.25, 0.3) is 0 Å². The number of primary amides is 1. The average molecular weight is 261 g/mol. The van der Waals surface area contributed by atoms with Crippen molar-refractivity contribution in [3.63, 3.8) is 0 Å². The van der Waals surface area contributed by atoms with Crippen LogP contribution in [0.4, 0.5) is 0 Å². The Morgan fingerprint density at radius 3 is 2.32 bits per heavy atom. The third-order valence-corrected chi connectivity index (χ3v) is 3.73. The highest BCUT2D eigenvalue weighted by Crippen LogP contribution is 2.33. The highest BCUT2D eigenvalue weighted by Gasteiger charge is 2.34. The van der Waals surface area contributed by atoms with E-state index in [-0.39, 0.29) is 18.3 Å². The summed E-state index contributed by atoms with van der Waals surface area (Å²) < 4.78 is 5.08. The third kappa shape index (κ3) is 2.68. The molecule has 0 radical (unpaired) electrons.